The number of anilines is 1. The minimum Gasteiger partial charge on any atom is -0.357 e. The molecule has 1 saturated carbocycles. The molecule has 72 valence electrons. The number of rotatable bonds is 0. The maximum atomic E-state index is 11.7. The molecule has 2 heterocycles. The first-order valence-corrected chi connectivity index (χ1v) is 4.90. The van der Waals surface area contributed by atoms with Crippen molar-refractivity contribution in [2.75, 3.05) is 5.32 Å². The molecule has 0 amide bonds. The van der Waals surface area contributed by atoms with E-state index in [0.717, 1.165) is 24.2 Å². The standard InChI is InChI=1S/C9H8ClN3O/c10-8-11-4-5-3-6(14)9(1-2-9)13-7(5)12-8/h4H,1-3H2,(H,11,12,13). The molecule has 0 saturated heterocycles. The van der Waals surface area contributed by atoms with Crippen molar-refractivity contribution in [3.05, 3.63) is 17.0 Å². The summed E-state index contributed by atoms with van der Waals surface area (Å²) in [6.07, 6.45) is 3.87. The Kier molecular flexibility index (Phi) is 1.43. The van der Waals surface area contributed by atoms with Crippen molar-refractivity contribution >= 4 is 23.2 Å². The van der Waals surface area contributed by atoms with Gasteiger partial charge in [-0.05, 0) is 24.4 Å². The summed E-state index contributed by atoms with van der Waals surface area (Å²) in [5, 5.41) is 3.38. The topological polar surface area (TPSA) is 54.9 Å². The second-order valence-corrected chi connectivity index (χ2v) is 4.16. The summed E-state index contributed by atoms with van der Waals surface area (Å²) in [6.45, 7) is 0. The lowest BCUT2D eigenvalue weighted by Gasteiger charge is -2.24. The number of ketones is 1. The van der Waals surface area contributed by atoms with Crippen molar-refractivity contribution in [1.82, 2.24) is 9.97 Å². The molecule has 5 heteroatoms. The zero-order valence-electron chi connectivity index (χ0n) is 7.38. The molecule has 1 aromatic heterocycles. The smallest absolute Gasteiger partial charge is 0.224 e. The van der Waals surface area contributed by atoms with Gasteiger partial charge in [-0.15, -0.1) is 0 Å². The van der Waals surface area contributed by atoms with E-state index in [-0.39, 0.29) is 16.6 Å². The van der Waals surface area contributed by atoms with Crippen LogP contribution in [0.3, 0.4) is 0 Å². The molecule has 1 fully saturated rings. The van der Waals surface area contributed by atoms with Gasteiger partial charge in [0.05, 0.1) is 5.54 Å². The number of nitrogens with zero attached hydrogens (tertiary/aromatic N) is 2. The number of hydrogen-bond acceptors (Lipinski definition) is 4. The normalized spacial score (nSPS) is 21.6. The number of halogens is 1. The van der Waals surface area contributed by atoms with Crippen LogP contribution in [0.2, 0.25) is 5.28 Å². The molecule has 2 aliphatic rings. The predicted molar refractivity (Wildman–Crippen MR) is 51.3 cm³/mol. The maximum Gasteiger partial charge on any atom is 0.224 e. The minimum atomic E-state index is -0.315. The van der Waals surface area contributed by atoms with E-state index in [4.69, 9.17) is 11.6 Å². The van der Waals surface area contributed by atoms with Gasteiger partial charge in [0, 0.05) is 18.2 Å². The lowest BCUT2D eigenvalue weighted by Crippen LogP contribution is -2.38. The second kappa shape index (κ2) is 2.45. The molecule has 0 bridgehead atoms. The highest BCUT2D eigenvalue weighted by molar-refractivity contribution is 6.28. The lowest BCUT2D eigenvalue weighted by molar-refractivity contribution is -0.120. The number of Topliss-reactive ketones (excluding diaryl/α,β-unsaturated/α-hetero) is 1. The molecule has 0 aromatic carbocycles. The summed E-state index contributed by atoms with van der Waals surface area (Å²) in [7, 11) is 0. The van der Waals surface area contributed by atoms with Crippen LogP contribution in [0.25, 0.3) is 0 Å². The van der Waals surface area contributed by atoms with Gasteiger partial charge < -0.3 is 5.32 Å². The second-order valence-electron chi connectivity index (χ2n) is 3.82. The van der Waals surface area contributed by atoms with Gasteiger partial charge in [0.25, 0.3) is 0 Å². The summed E-state index contributed by atoms with van der Waals surface area (Å²) in [4.78, 5) is 19.6. The van der Waals surface area contributed by atoms with Crippen LogP contribution in [-0.4, -0.2) is 21.3 Å². The zero-order valence-corrected chi connectivity index (χ0v) is 8.14. The Labute approximate surface area is 85.7 Å². The average Bonchev–Trinajstić information content (AvgIpc) is 2.89. The lowest BCUT2D eigenvalue weighted by atomic mass is 9.99. The van der Waals surface area contributed by atoms with Gasteiger partial charge >= 0.3 is 0 Å². The molecular formula is C9H8ClN3O. The van der Waals surface area contributed by atoms with Crippen LogP contribution in [0.4, 0.5) is 5.82 Å². The quantitative estimate of drug-likeness (QED) is 0.653. The molecule has 1 aliphatic carbocycles. The Morgan fingerprint density at radius 3 is 3.00 bits per heavy atom. The average molecular weight is 210 g/mol. The number of hydrogen-bond donors (Lipinski definition) is 1. The highest BCUT2D eigenvalue weighted by Gasteiger charge is 2.52. The van der Waals surface area contributed by atoms with E-state index in [1.54, 1.807) is 6.20 Å². The van der Waals surface area contributed by atoms with Gasteiger partial charge in [-0.2, -0.15) is 0 Å². The van der Waals surface area contributed by atoms with Crippen LogP contribution < -0.4 is 5.32 Å². The highest BCUT2D eigenvalue weighted by Crippen LogP contribution is 2.43. The summed E-state index contributed by atoms with van der Waals surface area (Å²) in [5.74, 6) is 0.970. The fourth-order valence-electron chi connectivity index (χ4n) is 1.79. The van der Waals surface area contributed by atoms with Crippen LogP contribution in [0.15, 0.2) is 6.20 Å². The maximum absolute atomic E-state index is 11.7. The first-order valence-electron chi connectivity index (χ1n) is 4.53. The van der Waals surface area contributed by atoms with Crippen molar-refractivity contribution in [2.45, 2.75) is 24.8 Å². The highest BCUT2D eigenvalue weighted by atomic mass is 35.5. The van der Waals surface area contributed by atoms with Crippen molar-refractivity contribution in [3.8, 4) is 0 Å². The summed E-state index contributed by atoms with van der Waals surface area (Å²) >= 11 is 5.68. The Morgan fingerprint density at radius 2 is 2.29 bits per heavy atom. The fraction of sp³-hybridized carbons (Fsp3) is 0.444. The van der Waals surface area contributed by atoms with Crippen LogP contribution in [0, 0.1) is 0 Å². The number of carbonyl (C=O) groups is 1. The van der Waals surface area contributed by atoms with Crippen LogP contribution in [-0.2, 0) is 11.2 Å². The van der Waals surface area contributed by atoms with Gasteiger partial charge in [-0.1, -0.05) is 0 Å². The third-order valence-electron chi connectivity index (χ3n) is 2.83. The van der Waals surface area contributed by atoms with E-state index in [1.165, 1.54) is 0 Å². The molecule has 0 radical (unpaired) electrons. The van der Waals surface area contributed by atoms with Crippen molar-refractivity contribution in [3.63, 3.8) is 0 Å². The van der Waals surface area contributed by atoms with E-state index >= 15 is 0 Å². The number of nitrogens with one attached hydrogen (secondary N) is 1. The molecule has 1 spiro atoms. The molecule has 4 nitrogen and oxygen atoms in total. The van der Waals surface area contributed by atoms with E-state index in [0.29, 0.717) is 6.42 Å². The van der Waals surface area contributed by atoms with Gasteiger partial charge in [0.2, 0.25) is 5.28 Å². The van der Waals surface area contributed by atoms with E-state index < -0.39 is 0 Å². The fourth-order valence-corrected chi connectivity index (χ4v) is 1.92. The Hall–Kier alpha value is -1.16. The van der Waals surface area contributed by atoms with E-state index in [2.05, 4.69) is 15.3 Å². The minimum absolute atomic E-state index is 0.224. The van der Waals surface area contributed by atoms with Crippen molar-refractivity contribution in [2.24, 2.45) is 0 Å². The first kappa shape index (κ1) is 8.17. The summed E-state index contributed by atoms with van der Waals surface area (Å²) in [6, 6.07) is 0. The van der Waals surface area contributed by atoms with Crippen molar-refractivity contribution < 1.29 is 4.79 Å². The molecule has 3 rings (SSSR count). The molecule has 0 unspecified atom stereocenters. The molecule has 1 N–H and O–H groups in total. The van der Waals surface area contributed by atoms with Crippen LogP contribution in [0.1, 0.15) is 18.4 Å². The summed E-state index contributed by atoms with van der Waals surface area (Å²) in [5.41, 5.74) is 0.530. The van der Waals surface area contributed by atoms with E-state index in [1.807, 2.05) is 0 Å². The largest absolute Gasteiger partial charge is 0.357 e. The van der Waals surface area contributed by atoms with E-state index in [9.17, 15) is 4.79 Å². The summed E-state index contributed by atoms with van der Waals surface area (Å²) < 4.78 is 0. The number of carbonyl (C=O) groups excluding carboxylic acids is 1. The van der Waals surface area contributed by atoms with Gasteiger partial charge in [0.15, 0.2) is 5.78 Å². The first-order chi connectivity index (χ1) is 6.70. The Balaban J connectivity index is 2.07. The van der Waals surface area contributed by atoms with Crippen LogP contribution >= 0.6 is 11.6 Å². The van der Waals surface area contributed by atoms with Gasteiger partial charge in [-0.3, -0.25) is 4.79 Å². The zero-order chi connectivity index (χ0) is 9.76. The molecular weight excluding hydrogens is 202 g/mol. The molecule has 1 aliphatic heterocycles. The molecule has 0 atom stereocenters. The number of aromatic nitrogens is 2. The van der Waals surface area contributed by atoms with Gasteiger partial charge in [0.1, 0.15) is 5.82 Å². The third kappa shape index (κ3) is 1.04. The Bertz CT molecular complexity index is 428. The Morgan fingerprint density at radius 1 is 1.50 bits per heavy atom. The predicted octanol–water partition coefficient (Wildman–Crippen LogP) is 1.20. The van der Waals surface area contributed by atoms with Gasteiger partial charge in [-0.25, -0.2) is 9.97 Å². The molecule has 1 aromatic rings. The van der Waals surface area contributed by atoms with Crippen LogP contribution in [0.5, 0.6) is 0 Å². The monoisotopic (exact) mass is 209 g/mol. The third-order valence-corrected chi connectivity index (χ3v) is 3.01. The van der Waals surface area contributed by atoms with Crippen molar-refractivity contribution in [1.29, 1.82) is 0 Å². The SMILES string of the molecule is O=C1Cc2cnc(Cl)nc2NC12CC2. The number of fused-ring (bicyclic) bond motifs is 1. The molecule has 14 heavy (non-hydrogen) atoms.